The molecule has 0 aliphatic carbocycles. The highest BCUT2D eigenvalue weighted by atomic mass is 16.3. The molecule has 20 heavy (non-hydrogen) atoms. The van der Waals surface area contributed by atoms with Gasteiger partial charge < -0.3 is 26.4 Å². The summed E-state index contributed by atoms with van der Waals surface area (Å²) in [5, 5.41) is 9.47. The van der Waals surface area contributed by atoms with Crippen LogP contribution in [-0.4, -0.2) is 48.4 Å². The quantitative estimate of drug-likeness (QED) is 0.729. The standard InChI is InChI=1S/C14H23N5O/c15-10-5-7-18(8-10)13-4-3-12(16)14(17-13)19-6-1-2-11(19)9-20/h3-4,10-11,20H,1-2,5-9,15-16H2. The molecule has 0 bridgehead atoms. The third-order valence-corrected chi connectivity index (χ3v) is 4.30. The van der Waals surface area contributed by atoms with Crippen LogP contribution < -0.4 is 21.3 Å². The first-order valence-corrected chi connectivity index (χ1v) is 7.33. The van der Waals surface area contributed by atoms with E-state index in [1.807, 2.05) is 12.1 Å². The van der Waals surface area contributed by atoms with E-state index in [-0.39, 0.29) is 18.7 Å². The molecule has 0 amide bonds. The van der Waals surface area contributed by atoms with Crippen molar-refractivity contribution in [3.05, 3.63) is 12.1 Å². The predicted molar refractivity (Wildman–Crippen MR) is 80.9 cm³/mol. The van der Waals surface area contributed by atoms with Crippen LogP contribution in [0.25, 0.3) is 0 Å². The molecule has 5 N–H and O–H groups in total. The predicted octanol–water partition coefficient (Wildman–Crippen LogP) is 0.162. The van der Waals surface area contributed by atoms with Gasteiger partial charge >= 0.3 is 0 Å². The third kappa shape index (κ3) is 2.41. The number of nitrogens with zero attached hydrogens (tertiary/aromatic N) is 3. The van der Waals surface area contributed by atoms with E-state index in [9.17, 15) is 5.11 Å². The van der Waals surface area contributed by atoms with E-state index in [1.54, 1.807) is 0 Å². The molecule has 3 rings (SSSR count). The average molecular weight is 277 g/mol. The van der Waals surface area contributed by atoms with Crippen LogP contribution in [0.5, 0.6) is 0 Å². The van der Waals surface area contributed by atoms with Crippen LogP contribution in [-0.2, 0) is 0 Å². The number of aromatic nitrogens is 1. The summed E-state index contributed by atoms with van der Waals surface area (Å²) in [6, 6.07) is 4.24. The highest BCUT2D eigenvalue weighted by Crippen LogP contribution is 2.31. The summed E-state index contributed by atoms with van der Waals surface area (Å²) < 4.78 is 0. The summed E-state index contributed by atoms with van der Waals surface area (Å²) in [7, 11) is 0. The van der Waals surface area contributed by atoms with Crippen LogP contribution in [0.4, 0.5) is 17.3 Å². The van der Waals surface area contributed by atoms with E-state index >= 15 is 0 Å². The van der Waals surface area contributed by atoms with Crippen LogP contribution in [0, 0.1) is 0 Å². The molecule has 1 aromatic heterocycles. The van der Waals surface area contributed by atoms with Crippen molar-refractivity contribution in [3.63, 3.8) is 0 Å². The lowest BCUT2D eigenvalue weighted by molar-refractivity contribution is 0.266. The maximum atomic E-state index is 9.47. The second-order valence-electron chi connectivity index (χ2n) is 5.75. The highest BCUT2D eigenvalue weighted by Gasteiger charge is 2.28. The molecule has 2 aliphatic rings. The Kier molecular flexibility index (Phi) is 3.67. The second kappa shape index (κ2) is 5.46. The molecule has 0 spiro atoms. The van der Waals surface area contributed by atoms with Crippen molar-refractivity contribution in [2.45, 2.75) is 31.3 Å². The van der Waals surface area contributed by atoms with Crippen LogP contribution in [0.3, 0.4) is 0 Å². The van der Waals surface area contributed by atoms with Crippen molar-refractivity contribution < 1.29 is 5.11 Å². The SMILES string of the molecule is Nc1ccc(N2CCC(N)C2)nc1N1CCCC1CO. The Morgan fingerprint density at radius 3 is 2.85 bits per heavy atom. The molecule has 3 heterocycles. The first-order chi connectivity index (χ1) is 9.69. The molecule has 0 radical (unpaired) electrons. The van der Waals surface area contributed by atoms with Crippen molar-refractivity contribution in [2.75, 3.05) is 41.8 Å². The number of hydrogen-bond acceptors (Lipinski definition) is 6. The summed E-state index contributed by atoms with van der Waals surface area (Å²) in [5.41, 5.74) is 12.7. The summed E-state index contributed by atoms with van der Waals surface area (Å²) in [6.07, 6.45) is 3.08. The smallest absolute Gasteiger partial charge is 0.154 e. The molecule has 6 heteroatoms. The normalized spacial score (nSPS) is 26.5. The Labute approximate surface area is 119 Å². The monoisotopic (exact) mass is 277 g/mol. The van der Waals surface area contributed by atoms with Gasteiger partial charge in [0.1, 0.15) is 5.82 Å². The molecule has 2 saturated heterocycles. The third-order valence-electron chi connectivity index (χ3n) is 4.30. The van der Waals surface area contributed by atoms with Crippen LogP contribution >= 0.6 is 0 Å². The fourth-order valence-corrected chi connectivity index (χ4v) is 3.16. The Morgan fingerprint density at radius 2 is 2.15 bits per heavy atom. The van der Waals surface area contributed by atoms with Crippen LogP contribution in [0.1, 0.15) is 19.3 Å². The number of aliphatic hydroxyl groups excluding tert-OH is 1. The lowest BCUT2D eigenvalue weighted by Crippen LogP contribution is -2.34. The summed E-state index contributed by atoms with van der Waals surface area (Å²) in [4.78, 5) is 9.07. The van der Waals surface area contributed by atoms with Crippen LogP contribution in [0.2, 0.25) is 0 Å². The van der Waals surface area contributed by atoms with Gasteiger partial charge in [0.15, 0.2) is 5.82 Å². The van der Waals surface area contributed by atoms with Gasteiger partial charge in [-0.2, -0.15) is 0 Å². The van der Waals surface area contributed by atoms with Crippen molar-refractivity contribution in [3.8, 4) is 0 Å². The molecular weight excluding hydrogens is 254 g/mol. The van der Waals surface area contributed by atoms with Crippen molar-refractivity contribution in [1.29, 1.82) is 0 Å². The lowest BCUT2D eigenvalue weighted by atomic mass is 10.2. The molecule has 2 fully saturated rings. The molecule has 1 aromatic rings. The Bertz CT molecular complexity index is 481. The molecule has 0 aromatic carbocycles. The summed E-state index contributed by atoms with van der Waals surface area (Å²) in [6.45, 7) is 2.85. The van der Waals surface area contributed by atoms with Crippen LogP contribution in [0.15, 0.2) is 12.1 Å². The molecule has 2 unspecified atom stereocenters. The van der Waals surface area contributed by atoms with E-state index in [4.69, 9.17) is 16.5 Å². The Hall–Kier alpha value is -1.53. The lowest BCUT2D eigenvalue weighted by Gasteiger charge is -2.27. The average Bonchev–Trinajstić information content (AvgIpc) is 3.08. The van der Waals surface area contributed by atoms with E-state index < -0.39 is 0 Å². The van der Waals surface area contributed by atoms with Crippen molar-refractivity contribution in [1.82, 2.24) is 4.98 Å². The van der Waals surface area contributed by atoms with Gasteiger partial charge in [0.25, 0.3) is 0 Å². The highest BCUT2D eigenvalue weighted by molar-refractivity contribution is 5.67. The Morgan fingerprint density at radius 1 is 1.30 bits per heavy atom. The van der Waals surface area contributed by atoms with Gasteiger partial charge in [0.05, 0.1) is 18.3 Å². The molecule has 110 valence electrons. The van der Waals surface area contributed by atoms with Gasteiger partial charge in [-0.05, 0) is 31.4 Å². The van der Waals surface area contributed by atoms with E-state index in [0.29, 0.717) is 5.69 Å². The number of nitrogens with two attached hydrogens (primary N) is 2. The van der Waals surface area contributed by atoms with E-state index in [0.717, 1.165) is 50.5 Å². The van der Waals surface area contributed by atoms with Gasteiger partial charge in [0.2, 0.25) is 0 Å². The minimum atomic E-state index is 0.140. The zero-order valence-electron chi connectivity index (χ0n) is 11.7. The van der Waals surface area contributed by atoms with Gasteiger partial charge in [-0.3, -0.25) is 0 Å². The summed E-state index contributed by atoms with van der Waals surface area (Å²) >= 11 is 0. The largest absolute Gasteiger partial charge is 0.396 e. The number of aliphatic hydroxyl groups is 1. The fourth-order valence-electron chi connectivity index (χ4n) is 3.16. The van der Waals surface area contributed by atoms with Crippen molar-refractivity contribution in [2.24, 2.45) is 5.73 Å². The number of anilines is 3. The number of nitrogen functional groups attached to an aromatic ring is 1. The molecular formula is C14H23N5O. The number of pyridine rings is 1. The Balaban J connectivity index is 1.87. The zero-order chi connectivity index (χ0) is 14.1. The number of rotatable bonds is 3. The maximum Gasteiger partial charge on any atom is 0.154 e. The molecule has 2 atom stereocenters. The summed E-state index contributed by atoms with van der Waals surface area (Å²) in [5.74, 6) is 1.74. The van der Waals surface area contributed by atoms with Crippen molar-refractivity contribution >= 4 is 17.3 Å². The molecule has 0 saturated carbocycles. The topological polar surface area (TPSA) is 91.6 Å². The molecule has 6 nitrogen and oxygen atoms in total. The zero-order valence-corrected chi connectivity index (χ0v) is 11.7. The minimum absolute atomic E-state index is 0.140. The van der Waals surface area contributed by atoms with Gasteiger partial charge in [-0.1, -0.05) is 0 Å². The van der Waals surface area contributed by atoms with E-state index in [1.165, 1.54) is 0 Å². The maximum absolute atomic E-state index is 9.47. The fraction of sp³-hybridized carbons (Fsp3) is 0.643. The molecule has 2 aliphatic heterocycles. The van der Waals surface area contributed by atoms with Gasteiger partial charge in [-0.25, -0.2) is 4.98 Å². The first kappa shape index (κ1) is 13.5. The van der Waals surface area contributed by atoms with Gasteiger partial charge in [0, 0.05) is 25.7 Å². The minimum Gasteiger partial charge on any atom is -0.396 e. The first-order valence-electron chi connectivity index (χ1n) is 7.33. The van der Waals surface area contributed by atoms with E-state index in [2.05, 4.69) is 9.80 Å². The number of hydrogen-bond donors (Lipinski definition) is 3. The van der Waals surface area contributed by atoms with Gasteiger partial charge in [-0.15, -0.1) is 0 Å². The second-order valence-corrected chi connectivity index (χ2v) is 5.75.